The fraction of sp³-hybridized carbons (Fsp3) is 0.125. The Labute approximate surface area is 125 Å². The van der Waals surface area contributed by atoms with Gasteiger partial charge in [0.05, 0.1) is 11.1 Å². The number of rotatable bonds is 3. The van der Waals surface area contributed by atoms with Crippen molar-refractivity contribution < 1.29 is 13.2 Å². The van der Waals surface area contributed by atoms with Gasteiger partial charge in [-0.25, -0.2) is 8.78 Å². The van der Waals surface area contributed by atoms with E-state index in [1.165, 1.54) is 0 Å². The molecule has 0 aliphatic rings. The van der Waals surface area contributed by atoms with Crippen molar-refractivity contribution >= 4 is 22.6 Å². The van der Waals surface area contributed by atoms with Gasteiger partial charge in [-0.3, -0.25) is 0 Å². The van der Waals surface area contributed by atoms with E-state index in [1.54, 1.807) is 25.2 Å². The summed E-state index contributed by atoms with van der Waals surface area (Å²) in [5.74, 6) is -0.520. The first-order valence-corrected chi connectivity index (χ1v) is 6.78. The van der Waals surface area contributed by atoms with Crippen molar-refractivity contribution in [2.45, 2.75) is 6.04 Å². The highest BCUT2D eigenvalue weighted by Gasteiger charge is 2.21. The van der Waals surface area contributed by atoms with Crippen LogP contribution in [-0.2, 0) is 0 Å². The van der Waals surface area contributed by atoms with Gasteiger partial charge in [-0.15, -0.1) is 0 Å². The quantitative estimate of drug-likeness (QED) is 0.760. The number of para-hydroxylation sites is 1. The van der Waals surface area contributed by atoms with E-state index >= 15 is 0 Å². The summed E-state index contributed by atoms with van der Waals surface area (Å²) >= 11 is 6.07. The molecule has 0 aliphatic heterocycles. The van der Waals surface area contributed by atoms with Crippen molar-refractivity contribution in [3.63, 3.8) is 0 Å². The van der Waals surface area contributed by atoms with Gasteiger partial charge in [-0.05, 0) is 37.4 Å². The molecule has 1 aromatic heterocycles. The topological polar surface area (TPSA) is 25.2 Å². The van der Waals surface area contributed by atoms with E-state index in [9.17, 15) is 8.78 Å². The van der Waals surface area contributed by atoms with Gasteiger partial charge in [0.25, 0.3) is 0 Å². The molecule has 0 bridgehead atoms. The molecule has 0 radical (unpaired) electrons. The third-order valence-corrected chi connectivity index (χ3v) is 3.65. The predicted molar refractivity (Wildman–Crippen MR) is 78.5 cm³/mol. The van der Waals surface area contributed by atoms with Gasteiger partial charge in [-0.2, -0.15) is 0 Å². The van der Waals surface area contributed by atoms with Gasteiger partial charge in [0.2, 0.25) is 0 Å². The van der Waals surface area contributed by atoms with Crippen LogP contribution in [0.2, 0.25) is 5.02 Å². The Morgan fingerprint density at radius 1 is 1.14 bits per heavy atom. The monoisotopic (exact) mass is 307 g/mol. The summed E-state index contributed by atoms with van der Waals surface area (Å²) in [5.41, 5.74) is 0.721. The number of halogens is 3. The molecule has 0 saturated carbocycles. The standard InChI is InChI=1S/C16H12ClF2NO/c1-20-15(11-8-10(18)5-6-13(11)19)14-7-9-3-2-4-12(17)16(9)21-14/h2-8,15,20H,1H3. The van der Waals surface area contributed by atoms with Gasteiger partial charge in [0.15, 0.2) is 5.58 Å². The van der Waals surface area contributed by atoms with Crippen LogP contribution in [0.15, 0.2) is 46.9 Å². The van der Waals surface area contributed by atoms with Crippen LogP contribution in [0.1, 0.15) is 17.4 Å². The van der Waals surface area contributed by atoms with E-state index < -0.39 is 17.7 Å². The molecule has 1 N–H and O–H groups in total. The molecule has 108 valence electrons. The van der Waals surface area contributed by atoms with Gasteiger partial charge in [0, 0.05) is 10.9 Å². The van der Waals surface area contributed by atoms with Crippen molar-refractivity contribution in [2.75, 3.05) is 7.05 Å². The summed E-state index contributed by atoms with van der Waals surface area (Å²) in [6.45, 7) is 0. The third-order valence-electron chi connectivity index (χ3n) is 3.36. The zero-order chi connectivity index (χ0) is 15.0. The number of hydrogen-bond donors (Lipinski definition) is 1. The smallest absolute Gasteiger partial charge is 0.152 e. The average Bonchev–Trinajstić information content (AvgIpc) is 2.89. The lowest BCUT2D eigenvalue weighted by Crippen LogP contribution is -2.18. The van der Waals surface area contributed by atoms with E-state index in [4.69, 9.17) is 16.0 Å². The lowest BCUT2D eigenvalue weighted by molar-refractivity contribution is 0.473. The summed E-state index contributed by atoms with van der Waals surface area (Å²) < 4.78 is 33.1. The zero-order valence-electron chi connectivity index (χ0n) is 11.2. The Morgan fingerprint density at radius 2 is 1.95 bits per heavy atom. The van der Waals surface area contributed by atoms with Crippen LogP contribution < -0.4 is 5.32 Å². The first-order chi connectivity index (χ1) is 10.1. The molecule has 0 fully saturated rings. The van der Waals surface area contributed by atoms with E-state index in [0.717, 1.165) is 23.6 Å². The molecular weight excluding hydrogens is 296 g/mol. The highest BCUT2D eigenvalue weighted by molar-refractivity contribution is 6.34. The Balaban J connectivity index is 2.13. The number of benzene rings is 2. The van der Waals surface area contributed by atoms with Crippen LogP contribution in [-0.4, -0.2) is 7.05 Å². The molecule has 1 atom stereocenters. The molecule has 3 aromatic rings. The van der Waals surface area contributed by atoms with Crippen LogP contribution in [0.4, 0.5) is 8.78 Å². The minimum atomic E-state index is -0.593. The molecule has 0 amide bonds. The second-order valence-corrected chi connectivity index (χ2v) is 5.10. The van der Waals surface area contributed by atoms with Gasteiger partial charge < -0.3 is 9.73 Å². The minimum absolute atomic E-state index is 0.188. The van der Waals surface area contributed by atoms with E-state index in [2.05, 4.69) is 5.32 Å². The first-order valence-electron chi connectivity index (χ1n) is 6.40. The second kappa shape index (κ2) is 5.47. The number of hydrogen-bond acceptors (Lipinski definition) is 2. The van der Waals surface area contributed by atoms with Gasteiger partial charge >= 0.3 is 0 Å². The molecule has 3 rings (SSSR count). The molecule has 0 spiro atoms. The maximum Gasteiger partial charge on any atom is 0.152 e. The highest BCUT2D eigenvalue weighted by atomic mass is 35.5. The zero-order valence-corrected chi connectivity index (χ0v) is 11.9. The number of furan rings is 1. The van der Waals surface area contributed by atoms with Gasteiger partial charge in [-0.1, -0.05) is 23.7 Å². The molecule has 2 nitrogen and oxygen atoms in total. The molecule has 0 aliphatic carbocycles. The fourth-order valence-electron chi connectivity index (χ4n) is 2.38. The molecule has 21 heavy (non-hydrogen) atoms. The van der Waals surface area contributed by atoms with Gasteiger partial charge in [0.1, 0.15) is 17.4 Å². The summed E-state index contributed by atoms with van der Waals surface area (Å²) in [6, 6.07) is 9.89. The molecular formula is C16H12ClF2NO. The van der Waals surface area contributed by atoms with Crippen molar-refractivity contribution in [3.8, 4) is 0 Å². The normalized spacial score (nSPS) is 12.8. The highest BCUT2D eigenvalue weighted by Crippen LogP contribution is 2.32. The Morgan fingerprint density at radius 3 is 2.67 bits per heavy atom. The summed E-state index contributed by atoms with van der Waals surface area (Å²) in [5, 5.41) is 4.23. The Hall–Kier alpha value is -1.91. The molecule has 0 saturated heterocycles. The Bertz CT molecular complexity index is 800. The first kappa shape index (κ1) is 14.0. The van der Waals surface area contributed by atoms with Crippen LogP contribution in [0.3, 0.4) is 0 Å². The van der Waals surface area contributed by atoms with Crippen LogP contribution in [0.5, 0.6) is 0 Å². The molecule has 1 unspecified atom stereocenters. The third kappa shape index (κ3) is 2.52. The number of fused-ring (bicyclic) bond motifs is 1. The van der Waals surface area contributed by atoms with Crippen LogP contribution >= 0.6 is 11.6 Å². The van der Waals surface area contributed by atoms with E-state index in [-0.39, 0.29) is 5.56 Å². The molecule has 2 aromatic carbocycles. The van der Waals surface area contributed by atoms with E-state index in [0.29, 0.717) is 16.4 Å². The van der Waals surface area contributed by atoms with Crippen molar-refractivity contribution in [1.29, 1.82) is 0 Å². The van der Waals surface area contributed by atoms with E-state index in [1.807, 2.05) is 6.07 Å². The minimum Gasteiger partial charge on any atom is -0.457 e. The fourth-order valence-corrected chi connectivity index (χ4v) is 2.60. The second-order valence-electron chi connectivity index (χ2n) is 4.69. The van der Waals surface area contributed by atoms with Crippen molar-refractivity contribution in [2.24, 2.45) is 0 Å². The summed E-state index contributed by atoms with van der Waals surface area (Å²) in [4.78, 5) is 0. The maximum atomic E-state index is 14.0. The Kier molecular flexibility index (Phi) is 3.66. The molecule has 5 heteroatoms. The maximum absolute atomic E-state index is 14.0. The summed E-state index contributed by atoms with van der Waals surface area (Å²) in [7, 11) is 1.66. The summed E-state index contributed by atoms with van der Waals surface area (Å²) in [6.07, 6.45) is 0. The largest absolute Gasteiger partial charge is 0.457 e. The lowest BCUT2D eigenvalue weighted by atomic mass is 10.0. The SMILES string of the molecule is CNC(c1cc2cccc(Cl)c2o1)c1cc(F)ccc1F. The lowest BCUT2D eigenvalue weighted by Gasteiger charge is -2.14. The van der Waals surface area contributed by atoms with Crippen LogP contribution in [0.25, 0.3) is 11.0 Å². The van der Waals surface area contributed by atoms with Crippen molar-refractivity contribution in [3.05, 3.63) is 70.4 Å². The predicted octanol–water partition coefficient (Wildman–Crippen LogP) is 4.67. The molecule has 1 heterocycles. The average molecular weight is 308 g/mol. The number of nitrogens with one attached hydrogen (secondary N) is 1. The van der Waals surface area contributed by atoms with Crippen LogP contribution in [0, 0.1) is 11.6 Å². The van der Waals surface area contributed by atoms with Crippen molar-refractivity contribution in [1.82, 2.24) is 5.32 Å².